The summed E-state index contributed by atoms with van der Waals surface area (Å²) < 4.78 is 12.5. The fourth-order valence-corrected chi connectivity index (χ4v) is 3.86. The van der Waals surface area contributed by atoms with Crippen LogP contribution >= 0.6 is 0 Å². The summed E-state index contributed by atoms with van der Waals surface area (Å²) in [4.78, 5) is 29.1. The largest absolute Gasteiger partial charge is 0.493 e. The van der Waals surface area contributed by atoms with Gasteiger partial charge in [-0.3, -0.25) is 14.3 Å². The van der Waals surface area contributed by atoms with Crippen LogP contribution in [0.5, 0.6) is 11.5 Å². The molecule has 0 radical (unpaired) electrons. The maximum atomic E-state index is 13.1. The number of fused-ring (bicyclic) bond motifs is 2. The number of methoxy groups -OCH3 is 2. The summed E-state index contributed by atoms with van der Waals surface area (Å²) >= 11 is 0. The van der Waals surface area contributed by atoms with Gasteiger partial charge in [0.15, 0.2) is 11.5 Å². The van der Waals surface area contributed by atoms with Gasteiger partial charge in [0, 0.05) is 63.0 Å². The molecule has 30 heavy (non-hydrogen) atoms. The van der Waals surface area contributed by atoms with E-state index < -0.39 is 0 Å². The quantitative estimate of drug-likeness (QED) is 0.617. The summed E-state index contributed by atoms with van der Waals surface area (Å²) in [7, 11) is 3.14. The molecule has 8 nitrogen and oxygen atoms in total. The number of nitrogens with zero attached hydrogens (tertiary/aromatic N) is 5. The number of aromatic nitrogens is 4. The summed E-state index contributed by atoms with van der Waals surface area (Å²) in [6.45, 7) is 5.07. The van der Waals surface area contributed by atoms with E-state index in [0.717, 1.165) is 49.7 Å². The number of benzene rings is 1. The summed E-state index contributed by atoms with van der Waals surface area (Å²) in [5, 5.41) is 0.546. The van der Waals surface area contributed by atoms with Crippen LogP contribution in [-0.2, 0) is 25.9 Å². The van der Waals surface area contributed by atoms with Crippen LogP contribution in [0.2, 0.25) is 0 Å². The highest BCUT2D eigenvalue weighted by atomic mass is 16.5. The molecule has 0 spiro atoms. The zero-order valence-corrected chi connectivity index (χ0v) is 17.7. The molecule has 3 aromatic rings. The van der Waals surface area contributed by atoms with Crippen molar-refractivity contribution in [1.82, 2.24) is 24.4 Å². The Kier molecular flexibility index (Phi) is 5.94. The molecule has 3 heterocycles. The molecule has 0 unspecified atom stereocenters. The Morgan fingerprint density at radius 3 is 2.47 bits per heavy atom. The molecule has 1 aliphatic heterocycles. The zero-order chi connectivity index (χ0) is 21.1. The number of aryl methyl sites for hydroxylation is 1. The van der Waals surface area contributed by atoms with E-state index >= 15 is 0 Å². The summed E-state index contributed by atoms with van der Waals surface area (Å²) in [5.41, 5.74) is 1.68. The van der Waals surface area contributed by atoms with E-state index in [4.69, 9.17) is 14.5 Å². The Morgan fingerprint density at radius 1 is 1.03 bits per heavy atom. The first kappa shape index (κ1) is 20.3. The lowest BCUT2D eigenvalue weighted by Gasteiger charge is -2.19. The van der Waals surface area contributed by atoms with Crippen LogP contribution in [0.4, 0.5) is 0 Å². The topological polar surface area (TPSA) is 82.4 Å². The van der Waals surface area contributed by atoms with E-state index in [-0.39, 0.29) is 5.56 Å². The molecular weight excluding hydrogens is 382 g/mol. The van der Waals surface area contributed by atoms with Crippen molar-refractivity contribution in [3.05, 3.63) is 52.1 Å². The Hall–Kier alpha value is -3.00. The molecular formula is C22H27N5O3. The van der Waals surface area contributed by atoms with Gasteiger partial charge in [0.1, 0.15) is 11.6 Å². The second-order valence-electron chi connectivity index (χ2n) is 7.49. The normalized spacial score (nSPS) is 14.4. The second-order valence-corrected chi connectivity index (χ2v) is 7.49. The van der Waals surface area contributed by atoms with Gasteiger partial charge in [-0.15, -0.1) is 0 Å². The Labute approximate surface area is 175 Å². The Bertz CT molecular complexity index is 1090. The van der Waals surface area contributed by atoms with Gasteiger partial charge < -0.3 is 9.47 Å². The number of hydrogen-bond acceptors (Lipinski definition) is 7. The van der Waals surface area contributed by atoms with Crippen molar-refractivity contribution >= 4 is 10.9 Å². The Morgan fingerprint density at radius 2 is 1.77 bits per heavy atom. The van der Waals surface area contributed by atoms with E-state index in [0.29, 0.717) is 35.4 Å². The zero-order valence-electron chi connectivity index (χ0n) is 17.7. The molecule has 158 valence electrons. The molecule has 0 saturated carbocycles. The summed E-state index contributed by atoms with van der Waals surface area (Å²) in [5.74, 6) is 2.80. The predicted molar refractivity (Wildman–Crippen MR) is 114 cm³/mol. The van der Waals surface area contributed by atoms with Crippen LogP contribution in [0.15, 0.2) is 29.3 Å². The third kappa shape index (κ3) is 4.00. The van der Waals surface area contributed by atoms with E-state index in [1.807, 2.05) is 12.4 Å². The first-order chi connectivity index (χ1) is 14.6. The fraction of sp³-hybridized carbons (Fsp3) is 0.455. The monoisotopic (exact) mass is 409 g/mol. The predicted octanol–water partition coefficient (Wildman–Crippen LogP) is 2.21. The maximum absolute atomic E-state index is 13.1. The average molecular weight is 409 g/mol. The van der Waals surface area contributed by atoms with Crippen molar-refractivity contribution in [2.24, 2.45) is 0 Å². The molecule has 0 fully saturated rings. The third-order valence-electron chi connectivity index (χ3n) is 5.47. The van der Waals surface area contributed by atoms with Gasteiger partial charge in [0.05, 0.1) is 25.1 Å². The van der Waals surface area contributed by atoms with E-state index in [1.165, 1.54) is 0 Å². The highest BCUT2D eigenvalue weighted by molar-refractivity contribution is 5.82. The SMILES string of the molecule is CCCc1ncc(CN2CCc3nc4cc(OC)c(OC)cc4c(=O)n3CC2)cn1. The average Bonchev–Trinajstić information content (AvgIpc) is 2.97. The molecule has 2 aromatic heterocycles. The van der Waals surface area contributed by atoms with Crippen molar-refractivity contribution in [2.45, 2.75) is 39.3 Å². The molecule has 4 rings (SSSR count). The van der Waals surface area contributed by atoms with Gasteiger partial charge in [-0.25, -0.2) is 15.0 Å². The third-order valence-corrected chi connectivity index (χ3v) is 5.47. The van der Waals surface area contributed by atoms with Gasteiger partial charge in [-0.2, -0.15) is 0 Å². The van der Waals surface area contributed by atoms with Crippen molar-refractivity contribution in [2.75, 3.05) is 27.3 Å². The van der Waals surface area contributed by atoms with Crippen LogP contribution < -0.4 is 15.0 Å². The van der Waals surface area contributed by atoms with Crippen molar-refractivity contribution in [3.8, 4) is 11.5 Å². The second kappa shape index (κ2) is 8.79. The molecule has 0 atom stereocenters. The molecule has 0 N–H and O–H groups in total. The van der Waals surface area contributed by atoms with Crippen molar-refractivity contribution in [1.29, 1.82) is 0 Å². The minimum Gasteiger partial charge on any atom is -0.493 e. The van der Waals surface area contributed by atoms with Gasteiger partial charge in [0.25, 0.3) is 5.56 Å². The molecule has 1 aliphatic rings. The van der Waals surface area contributed by atoms with E-state index in [2.05, 4.69) is 21.8 Å². The van der Waals surface area contributed by atoms with Crippen molar-refractivity contribution in [3.63, 3.8) is 0 Å². The molecule has 0 bridgehead atoms. The molecule has 1 aromatic carbocycles. The van der Waals surface area contributed by atoms with Crippen LogP contribution in [-0.4, -0.2) is 51.7 Å². The first-order valence-electron chi connectivity index (χ1n) is 10.3. The minimum atomic E-state index is -0.0370. The van der Waals surface area contributed by atoms with Crippen LogP contribution in [0, 0.1) is 0 Å². The molecule has 0 amide bonds. The van der Waals surface area contributed by atoms with Crippen LogP contribution in [0.25, 0.3) is 10.9 Å². The van der Waals surface area contributed by atoms with E-state index in [1.54, 1.807) is 30.9 Å². The first-order valence-corrected chi connectivity index (χ1v) is 10.3. The van der Waals surface area contributed by atoms with Gasteiger partial charge in [-0.1, -0.05) is 6.92 Å². The van der Waals surface area contributed by atoms with Gasteiger partial charge in [-0.05, 0) is 12.5 Å². The Balaban J connectivity index is 1.57. The number of hydrogen-bond donors (Lipinski definition) is 0. The highest BCUT2D eigenvalue weighted by Gasteiger charge is 2.19. The summed E-state index contributed by atoms with van der Waals surface area (Å²) in [6, 6.07) is 3.49. The number of ether oxygens (including phenoxy) is 2. The molecule has 8 heteroatoms. The van der Waals surface area contributed by atoms with Crippen LogP contribution in [0.1, 0.15) is 30.6 Å². The minimum absolute atomic E-state index is 0.0370. The lowest BCUT2D eigenvalue weighted by molar-refractivity contribution is 0.270. The lowest BCUT2D eigenvalue weighted by atomic mass is 10.2. The standard InChI is InChI=1S/C22H27N5O3/c1-4-5-20-23-12-15(13-24-20)14-26-7-6-21-25-17-11-19(30-3)18(29-2)10-16(17)22(28)27(21)9-8-26/h10-13H,4-9,14H2,1-3H3. The fourth-order valence-electron chi connectivity index (χ4n) is 3.86. The number of rotatable bonds is 6. The van der Waals surface area contributed by atoms with Crippen molar-refractivity contribution < 1.29 is 9.47 Å². The van der Waals surface area contributed by atoms with E-state index in [9.17, 15) is 4.79 Å². The smallest absolute Gasteiger partial charge is 0.261 e. The molecule has 0 saturated heterocycles. The van der Waals surface area contributed by atoms with Gasteiger partial charge >= 0.3 is 0 Å². The summed E-state index contributed by atoms with van der Waals surface area (Å²) in [6.07, 6.45) is 6.46. The lowest BCUT2D eigenvalue weighted by Crippen LogP contribution is -2.29. The highest BCUT2D eigenvalue weighted by Crippen LogP contribution is 2.30. The molecule has 0 aliphatic carbocycles. The maximum Gasteiger partial charge on any atom is 0.261 e. The van der Waals surface area contributed by atoms with Gasteiger partial charge in [0.2, 0.25) is 0 Å². The van der Waals surface area contributed by atoms with Crippen LogP contribution in [0.3, 0.4) is 0 Å².